The van der Waals surface area contributed by atoms with E-state index in [0.717, 1.165) is 16.8 Å². The summed E-state index contributed by atoms with van der Waals surface area (Å²) in [5.41, 5.74) is 2.47. The first-order valence-corrected chi connectivity index (χ1v) is 10.6. The van der Waals surface area contributed by atoms with Crippen LogP contribution in [0.15, 0.2) is 63.9 Å². The lowest BCUT2D eigenvalue weighted by atomic mass is 10.1. The van der Waals surface area contributed by atoms with Gasteiger partial charge in [0.2, 0.25) is 0 Å². The van der Waals surface area contributed by atoms with Crippen molar-refractivity contribution in [1.82, 2.24) is 14.5 Å². The minimum Gasteiger partial charge on any atom is -0.299 e. The van der Waals surface area contributed by atoms with Gasteiger partial charge in [-0.25, -0.2) is 14.5 Å². The third-order valence-electron chi connectivity index (χ3n) is 4.17. The molecule has 140 valence electrons. The van der Waals surface area contributed by atoms with Gasteiger partial charge in [-0.15, -0.1) is 11.3 Å². The van der Waals surface area contributed by atoms with Gasteiger partial charge in [-0.2, -0.15) is 0 Å². The lowest BCUT2D eigenvalue weighted by Crippen LogP contribution is -2.23. The van der Waals surface area contributed by atoms with Crippen molar-refractivity contribution in [2.45, 2.75) is 19.0 Å². The van der Waals surface area contributed by atoms with Crippen LogP contribution in [-0.4, -0.2) is 26.1 Å². The maximum atomic E-state index is 13.6. The first-order chi connectivity index (χ1) is 13.5. The number of thioether (sulfide) groups is 1. The number of benzene rings is 1. The highest BCUT2D eigenvalue weighted by molar-refractivity contribution is 7.99. The molecule has 28 heavy (non-hydrogen) atoms. The van der Waals surface area contributed by atoms with E-state index < -0.39 is 0 Å². The second-order valence-electron chi connectivity index (χ2n) is 6.36. The number of carbonyl (C=O) groups is 1. The molecule has 0 aliphatic rings. The highest BCUT2D eigenvalue weighted by atomic mass is 32.2. The van der Waals surface area contributed by atoms with E-state index in [1.54, 1.807) is 6.07 Å². The molecule has 0 atom stereocenters. The average molecular weight is 408 g/mol. The number of Topliss-reactive ketones (excluding diaryl/α,β-unsaturated/α-hetero) is 1. The van der Waals surface area contributed by atoms with Crippen LogP contribution in [0.25, 0.3) is 27.2 Å². The van der Waals surface area contributed by atoms with Crippen LogP contribution >= 0.6 is 23.1 Å². The molecule has 0 aliphatic heterocycles. The van der Waals surface area contributed by atoms with Gasteiger partial charge < -0.3 is 0 Å². The third kappa shape index (κ3) is 3.50. The SMILES string of the molecule is CC(=O)CSc1nc2scc(-c3ccccc3)c2c(=O)n1-c1cccc(C)n1. The minimum atomic E-state index is -0.172. The van der Waals surface area contributed by atoms with Crippen LogP contribution in [0.1, 0.15) is 12.6 Å². The van der Waals surface area contributed by atoms with Gasteiger partial charge in [0.05, 0.1) is 11.1 Å². The summed E-state index contributed by atoms with van der Waals surface area (Å²) in [6.45, 7) is 3.40. The summed E-state index contributed by atoms with van der Waals surface area (Å²) in [6, 6.07) is 15.3. The van der Waals surface area contributed by atoms with Crippen LogP contribution in [0.4, 0.5) is 0 Å². The van der Waals surface area contributed by atoms with Gasteiger partial charge in [-0.05, 0) is 31.5 Å². The van der Waals surface area contributed by atoms with E-state index in [1.165, 1.54) is 34.6 Å². The van der Waals surface area contributed by atoms with Gasteiger partial charge in [0.1, 0.15) is 16.4 Å². The van der Waals surface area contributed by atoms with Gasteiger partial charge in [-0.3, -0.25) is 9.59 Å². The fraction of sp³-hybridized carbons (Fsp3) is 0.143. The molecular formula is C21H17N3O2S2. The number of rotatable bonds is 5. The van der Waals surface area contributed by atoms with Gasteiger partial charge in [-0.1, -0.05) is 48.2 Å². The van der Waals surface area contributed by atoms with Crippen molar-refractivity contribution >= 4 is 39.1 Å². The molecule has 1 aromatic carbocycles. The van der Waals surface area contributed by atoms with Gasteiger partial charge in [0.25, 0.3) is 5.56 Å². The van der Waals surface area contributed by atoms with Crippen molar-refractivity contribution in [1.29, 1.82) is 0 Å². The standard InChI is InChI=1S/C21H17N3O2S2/c1-13-7-6-10-17(22-13)24-20(26)18-16(15-8-4-3-5-9-15)12-27-19(18)23-21(24)28-11-14(2)25/h3-10,12H,11H2,1-2H3. The van der Waals surface area contributed by atoms with Gasteiger partial charge in [0.15, 0.2) is 5.16 Å². The Morgan fingerprint density at radius 2 is 1.89 bits per heavy atom. The number of carbonyl (C=O) groups excluding carboxylic acids is 1. The molecule has 4 rings (SSSR count). The van der Waals surface area contributed by atoms with Crippen molar-refractivity contribution in [3.63, 3.8) is 0 Å². The third-order valence-corrected chi connectivity index (χ3v) is 6.12. The number of aromatic nitrogens is 3. The Kier molecular flexibility index (Phi) is 5.11. The highest BCUT2D eigenvalue weighted by Crippen LogP contribution is 2.32. The van der Waals surface area contributed by atoms with Gasteiger partial charge >= 0.3 is 0 Å². The summed E-state index contributed by atoms with van der Waals surface area (Å²) in [6.07, 6.45) is 0. The van der Waals surface area contributed by atoms with Crippen LogP contribution in [0, 0.1) is 6.92 Å². The molecule has 4 aromatic rings. The Morgan fingerprint density at radius 1 is 1.11 bits per heavy atom. The Morgan fingerprint density at radius 3 is 2.61 bits per heavy atom. The van der Waals surface area contributed by atoms with Crippen LogP contribution in [0.5, 0.6) is 0 Å². The smallest absolute Gasteiger partial charge is 0.269 e. The molecule has 0 bridgehead atoms. The zero-order valence-corrected chi connectivity index (χ0v) is 17.0. The van der Waals surface area contributed by atoms with Crippen molar-refractivity contribution in [3.8, 4) is 16.9 Å². The molecular weight excluding hydrogens is 390 g/mol. The molecule has 0 unspecified atom stereocenters. The maximum Gasteiger partial charge on any atom is 0.269 e. The maximum absolute atomic E-state index is 13.6. The highest BCUT2D eigenvalue weighted by Gasteiger charge is 2.19. The summed E-state index contributed by atoms with van der Waals surface area (Å²) in [4.78, 5) is 35.0. The molecule has 5 nitrogen and oxygen atoms in total. The fourth-order valence-electron chi connectivity index (χ4n) is 2.92. The van der Waals surface area contributed by atoms with Crippen molar-refractivity contribution in [2.24, 2.45) is 0 Å². The zero-order valence-electron chi connectivity index (χ0n) is 15.4. The molecule has 0 amide bonds. The fourth-order valence-corrected chi connectivity index (χ4v) is 4.71. The molecule has 0 fully saturated rings. The van der Waals surface area contributed by atoms with Crippen molar-refractivity contribution < 1.29 is 4.79 Å². The molecule has 0 saturated heterocycles. The second-order valence-corrected chi connectivity index (χ2v) is 8.16. The predicted octanol–water partition coefficient (Wildman–Crippen LogP) is 4.50. The zero-order chi connectivity index (χ0) is 19.7. The van der Waals surface area contributed by atoms with Gasteiger partial charge in [0, 0.05) is 16.6 Å². The van der Waals surface area contributed by atoms with Crippen LogP contribution in [0.2, 0.25) is 0 Å². The average Bonchev–Trinajstić information content (AvgIpc) is 3.11. The summed E-state index contributed by atoms with van der Waals surface area (Å²) in [5.74, 6) is 0.788. The number of aryl methyl sites for hydroxylation is 1. The van der Waals surface area contributed by atoms with E-state index in [1.807, 2.05) is 54.8 Å². The monoisotopic (exact) mass is 407 g/mol. The Labute approximate surface area is 170 Å². The molecule has 0 aliphatic carbocycles. The summed E-state index contributed by atoms with van der Waals surface area (Å²) < 4.78 is 1.52. The number of hydrogen-bond acceptors (Lipinski definition) is 6. The normalized spacial score (nSPS) is 11.1. The number of pyridine rings is 1. The second kappa shape index (κ2) is 7.69. The largest absolute Gasteiger partial charge is 0.299 e. The predicted molar refractivity (Wildman–Crippen MR) is 115 cm³/mol. The number of fused-ring (bicyclic) bond motifs is 1. The summed E-state index contributed by atoms with van der Waals surface area (Å²) >= 11 is 2.69. The molecule has 7 heteroatoms. The lowest BCUT2D eigenvalue weighted by Gasteiger charge is -2.12. The lowest BCUT2D eigenvalue weighted by molar-refractivity contribution is -0.114. The number of nitrogens with zero attached hydrogens (tertiary/aromatic N) is 3. The molecule has 0 radical (unpaired) electrons. The van der Waals surface area contributed by atoms with E-state index in [0.29, 0.717) is 21.2 Å². The molecule has 3 heterocycles. The first-order valence-electron chi connectivity index (χ1n) is 8.70. The molecule has 0 saturated carbocycles. The first kappa shape index (κ1) is 18.6. The number of thiophene rings is 1. The van der Waals surface area contributed by atoms with E-state index in [2.05, 4.69) is 4.98 Å². The Balaban J connectivity index is 2.00. The Bertz CT molecular complexity index is 1230. The minimum absolute atomic E-state index is 0.0271. The number of hydrogen-bond donors (Lipinski definition) is 0. The van der Waals surface area contributed by atoms with Crippen LogP contribution in [0.3, 0.4) is 0 Å². The summed E-state index contributed by atoms with van der Waals surface area (Å²) in [7, 11) is 0. The van der Waals surface area contributed by atoms with Crippen molar-refractivity contribution in [2.75, 3.05) is 5.75 Å². The van der Waals surface area contributed by atoms with Crippen molar-refractivity contribution in [3.05, 3.63) is 70.0 Å². The molecule has 0 N–H and O–H groups in total. The van der Waals surface area contributed by atoms with E-state index in [4.69, 9.17) is 4.98 Å². The van der Waals surface area contributed by atoms with Crippen LogP contribution < -0.4 is 5.56 Å². The van der Waals surface area contributed by atoms with E-state index in [9.17, 15) is 9.59 Å². The summed E-state index contributed by atoms with van der Waals surface area (Å²) in [5, 5.41) is 3.01. The van der Waals surface area contributed by atoms with Crippen LogP contribution in [-0.2, 0) is 4.79 Å². The quantitative estimate of drug-likeness (QED) is 0.360. The topological polar surface area (TPSA) is 64.8 Å². The molecule has 0 spiro atoms. The number of ketones is 1. The Hall–Kier alpha value is -2.77. The van der Waals surface area contributed by atoms with E-state index in [-0.39, 0.29) is 17.1 Å². The van der Waals surface area contributed by atoms with E-state index >= 15 is 0 Å². The molecule has 3 aromatic heterocycles.